The first kappa shape index (κ1) is 21.1. The summed E-state index contributed by atoms with van der Waals surface area (Å²) in [7, 11) is 0. The van der Waals surface area contributed by atoms with Gasteiger partial charge in [0.25, 0.3) is 0 Å². The van der Waals surface area contributed by atoms with E-state index >= 15 is 0 Å². The van der Waals surface area contributed by atoms with E-state index in [1.807, 2.05) is 48.7 Å². The summed E-state index contributed by atoms with van der Waals surface area (Å²) in [5, 5.41) is 3.26. The zero-order valence-electron chi connectivity index (χ0n) is 16.8. The number of hydrogen-bond donors (Lipinski definition) is 1. The van der Waals surface area contributed by atoms with Crippen LogP contribution in [0.1, 0.15) is 16.7 Å². The van der Waals surface area contributed by atoms with Crippen molar-refractivity contribution in [1.82, 2.24) is 9.55 Å². The van der Waals surface area contributed by atoms with Gasteiger partial charge in [0.15, 0.2) is 0 Å². The van der Waals surface area contributed by atoms with Gasteiger partial charge in [-0.25, -0.2) is 4.98 Å². The lowest BCUT2D eigenvalue weighted by atomic mass is 10.1. The van der Waals surface area contributed by atoms with Gasteiger partial charge in [0, 0.05) is 10.6 Å². The highest BCUT2D eigenvalue weighted by Gasteiger charge is 2.33. The van der Waals surface area contributed by atoms with Gasteiger partial charge in [-0.15, -0.1) is 11.8 Å². The summed E-state index contributed by atoms with van der Waals surface area (Å²) in [6, 6.07) is 19.1. The Bertz CT molecular complexity index is 1230. The smallest absolute Gasteiger partial charge is 0.326 e. The summed E-state index contributed by atoms with van der Waals surface area (Å²) >= 11 is 1.64. The number of halogens is 3. The van der Waals surface area contributed by atoms with E-state index in [0.717, 1.165) is 27.7 Å². The highest BCUT2D eigenvalue weighted by molar-refractivity contribution is 7.98. The summed E-state index contributed by atoms with van der Waals surface area (Å²) in [6.45, 7) is 3.81. The van der Waals surface area contributed by atoms with Gasteiger partial charge in [0.2, 0.25) is 5.95 Å². The molecule has 3 aromatic carbocycles. The van der Waals surface area contributed by atoms with E-state index in [4.69, 9.17) is 0 Å². The maximum absolute atomic E-state index is 13.6. The summed E-state index contributed by atoms with van der Waals surface area (Å²) in [6.07, 6.45) is -0.715. The van der Waals surface area contributed by atoms with Crippen LogP contribution in [0.4, 0.5) is 24.8 Å². The molecular formula is C24H20F3N3S. The van der Waals surface area contributed by atoms with E-state index in [9.17, 15) is 13.2 Å². The lowest BCUT2D eigenvalue weighted by Crippen LogP contribution is -2.12. The Morgan fingerprint density at radius 1 is 1.06 bits per heavy atom. The minimum atomic E-state index is -4.43. The van der Waals surface area contributed by atoms with Crippen LogP contribution in [0.15, 0.2) is 78.2 Å². The summed E-state index contributed by atoms with van der Waals surface area (Å²) in [5.41, 5.74) is 2.67. The van der Waals surface area contributed by atoms with Crippen LogP contribution in [-0.4, -0.2) is 15.8 Å². The Labute approximate surface area is 182 Å². The number of fused-ring (bicyclic) bond motifs is 1. The van der Waals surface area contributed by atoms with E-state index in [1.54, 1.807) is 28.5 Å². The highest BCUT2D eigenvalue weighted by atomic mass is 32.2. The first-order valence-electron chi connectivity index (χ1n) is 9.58. The van der Waals surface area contributed by atoms with Gasteiger partial charge in [-0.05, 0) is 59.8 Å². The molecule has 1 N–H and O–H groups in total. The molecule has 1 aromatic heterocycles. The molecule has 0 spiro atoms. The molecule has 0 atom stereocenters. The normalized spacial score (nSPS) is 11.6. The number of imidazole rings is 1. The van der Waals surface area contributed by atoms with Crippen molar-refractivity contribution in [3.05, 3.63) is 90.0 Å². The maximum atomic E-state index is 13.6. The van der Waals surface area contributed by atoms with Gasteiger partial charge in [-0.2, -0.15) is 13.2 Å². The van der Waals surface area contributed by atoms with Crippen molar-refractivity contribution >= 4 is 40.5 Å². The van der Waals surface area contributed by atoms with Crippen LogP contribution in [0.2, 0.25) is 0 Å². The minimum Gasteiger partial charge on any atom is -0.326 e. The van der Waals surface area contributed by atoms with Crippen molar-refractivity contribution < 1.29 is 13.2 Å². The molecule has 0 saturated carbocycles. The molecule has 1 heterocycles. The third kappa shape index (κ3) is 4.46. The van der Waals surface area contributed by atoms with E-state index in [2.05, 4.69) is 16.9 Å². The Hall–Kier alpha value is -3.19. The van der Waals surface area contributed by atoms with Crippen molar-refractivity contribution in [2.45, 2.75) is 17.6 Å². The third-order valence-electron chi connectivity index (χ3n) is 5.01. The van der Waals surface area contributed by atoms with Crippen molar-refractivity contribution in [3.63, 3.8) is 0 Å². The first-order valence-corrected chi connectivity index (χ1v) is 10.8. The first-order chi connectivity index (χ1) is 14.9. The van der Waals surface area contributed by atoms with Crippen molar-refractivity contribution in [1.29, 1.82) is 0 Å². The second-order valence-corrected chi connectivity index (χ2v) is 7.86. The van der Waals surface area contributed by atoms with Crippen LogP contribution in [0.25, 0.3) is 17.1 Å². The van der Waals surface area contributed by atoms with Gasteiger partial charge in [0.05, 0.1) is 23.1 Å². The Morgan fingerprint density at radius 3 is 2.48 bits per heavy atom. The average molecular weight is 440 g/mol. The van der Waals surface area contributed by atoms with Crippen LogP contribution in [0.3, 0.4) is 0 Å². The second-order valence-electron chi connectivity index (χ2n) is 6.98. The molecule has 0 bridgehead atoms. The van der Waals surface area contributed by atoms with Crippen molar-refractivity contribution in [3.8, 4) is 0 Å². The van der Waals surface area contributed by atoms with Crippen LogP contribution < -0.4 is 5.32 Å². The number of alkyl halides is 3. The third-order valence-corrected chi connectivity index (χ3v) is 5.75. The number of thioether (sulfide) groups is 1. The quantitative estimate of drug-likeness (QED) is 0.322. The topological polar surface area (TPSA) is 29.9 Å². The van der Waals surface area contributed by atoms with Gasteiger partial charge in [-0.1, -0.05) is 36.9 Å². The Kier molecular flexibility index (Phi) is 5.78. The maximum Gasteiger partial charge on any atom is 0.416 e. The van der Waals surface area contributed by atoms with Crippen LogP contribution in [-0.2, 0) is 12.7 Å². The molecule has 0 saturated heterocycles. The number of rotatable bonds is 6. The number of nitrogens with one attached hydrogen (secondary N) is 1. The number of anilines is 2. The number of aromatic nitrogens is 2. The largest absolute Gasteiger partial charge is 0.416 e. The highest BCUT2D eigenvalue weighted by Crippen LogP contribution is 2.34. The lowest BCUT2D eigenvalue weighted by Gasteiger charge is -2.16. The molecule has 158 valence electrons. The Balaban J connectivity index is 1.81. The predicted molar refractivity (Wildman–Crippen MR) is 122 cm³/mol. The van der Waals surface area contributed by atoms with E-state index in [1.165, 1.54) is 12.1 Å². The molecule has 4 aromatic rings. The van der Waals surface area contributed by atoms with Crippen LogP contribution >= 0.6 is 11.8 Å². The molecule has 0 aliphatic carbocycles. The number of hydrogen-bond acceptors (Lipinski definition) is 3. The van der Waals surface area contributed by atoms with Crippen molar-refractivity contribution in [2.75, 3.05) is 11.6 Å². The minimum absolute atomic E-state index is 0.0326. The molecular weight excluding hydrogens is 419 g/mol. The van der Waals surface area contributed by atoms with Gasteiger partial charge in [-0.3, -0.25) is 0 Å². The van der Waals surface area contributed by atoms with Crippen LogP contribution in [0, 0.1) is 0 Å². The Morgan fingerprint density at radius 2 is 1.81 bits per heavy atom. The monoisotopic (exact) mass is 439 g/mol. The zero-order chi connectivity index (χ0) is 22.0. The molecule has 4 rings (SSSR count). The van der Waals surface area contributed by atoms with E-state index in [0.29, 0.717) is 11.5 Å². The second kappa shape index (κ2) is 8.51. The van der Waals surface area contributed by atoms with Crippen LogP contribution in [0.5, 0.6) is 0 Å². The standard InChI is InChI=1S/C24H20F3N3S/c1-3-16-8-13-22-21(14-16)29-23(28-18-9-11-19(31-2)12-10-18)30(22)15-17-6-4-5-7-20(17)24(25,26)27/h3-14H,1,15H2,2H3,(H,28,29). The molecule has 31 heavy (non-hydrogen) atoms. The van der Waals surface area contributed by atoms with Gasteiger partial charge in [0.1, 0.15) is 0 Å². The van der Waals surface area contributed by atoms with Gasteiger partial charge >= 0.3 is 6.18 Å². The molecule has 0 fully saturated rings. The van der Waals surface area contributed by atoms with Gasteiger partial charge < -0.3 is 9.88 Å². The summed E-state index contributed by atoms with van der Waals surface area (Å²) in [4.78, 5) is 5.78. The zero-order valence-corrected chi connectivity index (χ0v) is 17.6. The summed E-state index contributed by atoms with van der Waals surface area (Å²) in [5.74, 6) is 0.477. The average Bonchev–Trinajstić information content (AvgIpc) is 3.10. The molecule has 3 nitrogen and oxygen atoms in total. The van der Waals surface area contributed by atoms with E-state index < -0.39 is 11.7 Å². The fourth-order valence-electron chi connectivity index (χ4n) is 3.44. The van der Waals surface area contributed by atoms with Crippen molar-refractivity contribution in [2.24, 2.45) is 0 Å². The summed E-state index contributed by atoms with van der Waals surface area (Å²) < 4.78 is 42.4. The molecule has 0 aliphatic rings. The lowest BCUT2D eigenvalue weighted by molar-refractivity contribution is -0.138. The fourth-order valence-corrected chi connectivity index (χ4v) is 3.85. The fraction of sp³-hybridized carbons (Fsp3) is 0.125. The molecule has 0 radical (unpaired) electrons. The SMILES string of the molecule is C=Cc1ccc2c(c1)nc(Nc1ccc(SC)cc1)n2Cc1ccccc1C(F)(F)F. The molecule has 0 aliphatic heterocycles. The number of benzene rings is 3. The van der Waals surface area contributed by atoms with E-state index in [-0.39, 0.29) is 12.1 Å². The molecule has 0 amide bonds. The molecule has 7 heteroatoms. The molecule has 0 unspecified atom stereocenters. The predicted octanol–water partition coefficient (Wildman–Crippen LogP) is 7.21. The number of nitrogens with zero attached hydrogens (tertiary/aromatic N) is 2.